The van der Waals surface area contributed by atoms with Crippen molar-refractivity contribution in [3.63, 3.8) is 0 Å². The molecule has 6 nitrogen and oxygen atoms in total. The maximum atomic E-state index is 11.8. The molecule has 0 fully saturated rings. The number of carbonyl (C=O) groups excluding carboxylic acids is 1. The third-order valence-corrected chi connectivity index (χ3v) is 4.44. The van der Waals surface area contributed by atoms with Gasteiger partial charge in [-0.25, -0.2) is 4.79 Å². The Bertz CT molecular complexity index is 785. The summed E-state index contributed by atoms with van der Waals surface area (Å²) in [5.41, 5.74) is 0.911. The summed E-state index contributed by atoms with van der Waals surface area (Å²) in [5.74, 6) is -0.408. The van der Waals surface area contributed by atoms with E-state index in [1.54, 1.807) is 36.4 Å². The number of benzene rings is 2. The van der Waals surface area contributed by atoms with Crippen molar-refractivity contribution in [2.45, 2.75) is 0 Å². The van der Waals surface area contributed by atoms with Gasteiger partial charge in [-0.3, -0.25) is 4.72 Å². The number of rotatable bonds is 4. The summed E-state index contributed by atoms with van der Waals surface area (Å²) < 4.78 is 31.8. The van der Waals surface area contributed by atoms with Gasteiger partial charge in [0, 0.05) is 14.1 Å². The minimum absolute atomic E-state index is 0.408. The lowest BCUT2D eigenvalue weighted by Gasteiger charge is -2.13. The first-order valence-electron chi connectivity index (χ1n) is 6.16. The Morgan fingerprint density at radius 2 is 1.71 bits per heavy atom. The molecule has 7 heteroatoms. The molecule has 0 aliphatic carbocycles. The first-order chi connectivity index (χ1) is 9.83. The van der Waals surface area contributed by atoms with Gasteiger partial charge >= 0.3 is 16.2 Å². The molecule has 0 saturated carbocycles. The van der Waals surface area contributed by atoms with Crippen LogP contribution >= 0.6 is 0 Å². The zero-order valence-electron chi connectivity index (χ0n) is 12.0. The number of nitrogens with one attached hydrogen (secondary N) is 1. The maximum absolute atomic E-state index is 11.8. The number of esters is 1. The molecular weight excluding hydrogens is 292 g/mol. The molecular formula is C14H16N2O4S. The first-order valence-corrected chi connectivity index (χ1v) is 7.60. The van der Waals surface area contributed by atoms with E-state index in [2.05, 4.69) is 9.46 Å². The van der Waals surface area contributed by atoms with Gasteiger partial charge in [-0.1, -0.05) is 12.1 Å². The second-order valence-electron chi connectivity index (χ2n) is 4.66. The van der Waals surface area contributed by atoms with Crippen molar-refractivity contribution in [2.24, 2.45) is 0 Å². The number of hydrogen-bond donors (Lipinski definition) is 1. The van der Waals surface area contributed by atoms with Crippen molar-refractivity contribution in [1.82, 2.24) is 4.31 Å². The van der Waals surface area contributed by atoms with Gasteiger partial charge in [0.25, 0.3) is 0 Å². The van der Waals surface area contributed by atoms with Crippen LogP contribution in [0, 0.1) is 0 Å². The zero-order valence-corrected chi connectivity index (χ0v) is 12.8. The quantitative estimate of drug-likeness (QED) is 0.875. The maximum Gasteiger partial charge on any atom is 0.337 e. The van der Waals surface area contributed by atoms with Crippen LogP contribution in [0.1, 0.15) is 10.4 Å². The number of fused-ring (bicyclic) bond motifs is 1. The molecule has 0 bridgehead atoms. The third-order valence-electron chi connectivity index (χ3n) is 2.99. The van der Waals surface area contributed by atoms with Crippen molar-refractivity contribution < 1.29 is 17.9 Å². The van der Waals surface area contributed by atoms with E-state index in [0.29, 0.717) is 11.3 Å². The molecule has 0 amide bonds. The summed E-state index contributed by atoms with van der Waals surface area (Å²) >= 11 is 0. The van der Waals surface area contributed by atoms with Gasteiger partial charge in [0.15, 0.2) is 0 Å². The molecule has 0 heterocycles. The second-order valence-corrected chi connectivity index (χ2v) is 6.54. The minimum Gasteiger partial charge on any atom is -0.465 e. The molecule has 112 valence electrons. The molecule has 0 aliphatic heterocycles. The molecule has 2 aromatic carbocycles. The fraction of sp³-hybridized carbons (Fsp3) is 0.214. The molecule has 0 spiro atoms. The van der Waals surface area contributed by atoms with Gasteiger partial charge < -0.3 is 4.74 Å². The average Bonchev–Trinajstić information content (AvgIpc) is 2.45. The number of anilines is 1. The Kier molecular flexibility index (Phi) is 4.15. The van der Waals surface area contributed by atoms with Gasteiger partial charge in [-0.2, -0.15) is 12.7 Å². The lowest BCUT2D eigenvalue weighted by molar-refractivity contribution is 0.0601. The lowest BCUT2D eigenvalue weighted by Crippen LogP contribution is -2.28. The van der Waals surface area contributed by atoms with E-state index in [1.165, 1.54) is 21.2 Å². The van der Waals surface area contributed by atoms with Gasteiger partial charge in [0.1, 0.15) is 0 Å². The van der Waals surface area contributed by atoms with Crippen molar-refractivity contribution in [1.29, 1.82) is 0 Å². The lowest BCUT2D eigenvalue weighted by atomic mass is 10.1. The van der Waals surface area contributed by atoms with Crippen LogP contribution in [-0.2, 0) is 14.9 Å². The average molecular weight is 308 g/mol. The third kappa shape index (κ3) is 3.32. The Hall–Kier alpha value is -2.12. The van der Waals surface area contributed by atoms with E-state index in [4.69, 9.17) is 0 Å². The van der Waals surface area contributed by atoms with Crippen molar-refractivity contribution >= 4 is 32.6 Å². The molecule has 1 N–H and O–H groups in total. The summed E-state index contributed by atoms with van der Waals surface area (Å²) in [4.78, 5) is 11.5. The van der Waals surface area contributed by atoms with Gasteiger partial charge in [0.2, 0.25) is 0 Å². The van der Waals surface area contributed by atoms with Crippen LogP contribution in [0.15, 0.2) is 36.4 Å². The monoisotopic (exact) mass is 308 g/mol. The second kappa shape index (κ2) is 5.71. The zero-order chi connectivity index (χ0) is 15.6. The van der Waals surface area contributed by atoms with E-state index >= 15 is 0 Å². The van der Waals surface area contributed by atoms with Crippen LogP contribution < -0.4 is 4.72 Å². The summed E-state index contributed by atoms with van der Waals surface area (Å²) in [6.07, 6.45) is 0. The molecule has 0 atom stereocenters. The van der Waals surface area contributed by atoms with E-state index in [9.17, 15) is 13.2 Å². The van der Waals surface area contributed by atoms with Gasteiger partial charge in [0.05, 0.1) is 18.4 Å². The summed E-state index contributed by atoms with van der Waals surface area (Å²) in [6.45, 7) is 0. The predicted octanol–water partition coefficient (Wildman–Crippen LogP) is 1.84. The number of carbonyl (C=O) groups is 1. The fourth-order valence-electron chi connectivity index (χ4n) is 1.79. The predicted molar refractivity (Wildman–Crippen MR) is 81.5 cm³/mol. The highest BCUT2D eigenvalue weighted by atomic mass is 32.2. The highest BCUT2D eigenvalue weighted by molar-refractivity contribution is 7.90. The van der Waals surface area contributed by atoms with E-state index in [0.717, 1.165) is 15.1 Å². The van der Waals surface area contributed by atoms with E-state index in [1.807, 2.05) is 0 Å². The van der Waals surface area contributed by atoms with Gasteiger partial charge in [-0.05, 0) is 35.0 Å². The van der Waals surface area contributed by atoms with Crippen LogP contribution in [0.3, 0.4) is 0 Å². The minimum atomic E-state index is -3.54. The highest BCUT2D eigenvalue weighted by Crippen LogP contribution is 2.22. The van der Waals surface area contributed by atoms with Crippen LogP contribution in [0.4, 0.5) is 5.69 Å². The van der Waals surface area contributed by atoms with Crippen molar-refractivity contribution in [3.05, 3.63) is 42.0 Å². The molecule has 0 aliphatic rings. The number of ether oxygens (including phenoxy) is 1. The summed E-state index contributed by atoms with van der Waals surface area (Å²) in [6, 6.07) is 10.2. The Morgan fingerprint density at radius 1 is 1.10 bits per heavy atom. The normalized spacial score (nSPS) is 11.6. The Morgan fingerprint density at radius 3 is 2.33 bits per heavy atom. The summed E-state index contributed by atoms with van der Waals surface area (Å²) in [7, 11) is 0.690. The van der Waals surface area contributed by atoms with Crippen LogP contribution in [-0.4, -0.2) is 39.9 Å². The molecule has 2 aromatic rings. The van der Waals surface area contributed by atoms with Crippen molar-refractivity contribution in [2.75, 3.05) is 25.9 Å². The number of methoxy groups -OCH3 is 1. The SMILES string of the molecule is COC(=O)c1ccc2cc(NS(=O)(=O)N(C)C)ccc2c1. The first kappa shape index (κ1) is 15.3. The van der Waals surface area contributed by atoms with Crippen LogP contribution in [0.2, 0.25) is 0 Å². The summed E-state index contributed by atoms with van der Waals surface area (Å²) in [5, 5.41) is 1.65. The highest BCUT2D eigenvalue weighted by Gasteiger charge is 2.13. The largest absolute Gasteiger partial charge is 0.465 e. The van der Waals surface area contributed by atoms with Gasteiger partial charge in [-0.15, -0.1) is 0 Å². The molecule has 0 saturated heterocycles. The van der Waals surface area contributed by atoms with E-state index < -0.39 is 16.2 Å². The van der Waals surface area contributed by atoms with E-state index in [-0.39, 0.29) is 0 Å². The molecule has 2 rings (SSSR count). The number of nitrogens with zero attached hydrogens (tertiary/aromatic N) is 1. The smallest absolute Gasteiger partial charge is 0.337 e. The molecule has 0 unspecified atom stereocenters. The molecule has 0 radical (unpaired) electrons. The van der Waals surface area contributed by atoms with Crippen molar-refractivity contribution in [3.8, 4) is 0 Å². The Balaban J connectivity index is 2.38. The standard InChI is InChI=1S/C14H16N2O4S/c1-16(2)21(18,19)15-13-7-6-10-8-12(14(17)20-3)5-4-11(10)9-13/h4-9,15H,1-3H3. The topological polar surface area (TPSA) is 75.7 Å². The van der Waals surface area contributed by atoms with Crippen LogP contribution in [0.5, 0.6) is 0 Å². The fourth-order valence-corrected chi connectivity index (χ4v) is 2.40. The van der Waals surface area contributed by atoms with Crippen LogP contribution in [0.25, 0.3) is 10.8 Å². The molecule has 0 aromatic heterocycles. The number of hydrogen-bond acceptors (Lipinski definition) is 4. The molecule has 21 heavy (non-hydrogen) atoms. The Labute approximate surface area is 123 Å².